The van der Waals surface area contributed by atoms with Gasteiger partial charge in [-0.25, -0.2) is 0 Å². The number of nitrogens with one attached hydrogen (secondary N) is 1. The van der Waals surface area contributed by atoms with E-state index in [4.69, 9.17) is 4.74 Å². The van der Waals surface area contributed by atoms with E-state index in [0.29, 0.717) is 6.61 Å². The summed E-state index contributed by atoms with van der Waals surface area (Å²) < 4.78 is 5.52. The lowest BCUT2D eigenvalue weighted by atomic mass is 9.87. The number of para-hydroxylation sites is 1. The highest BCUT2D eigenvalue weighted by atomic mass is 16.5. The molecule has 16 heavy (non-hydrogen) atoms. The molecule has 1 saturated heterocycles. The smallest absolute Gasteiger partial charge is 0.0663 e. The lowest BCUT2D eigenvalue weighted by Crippen LogP contribution is -2.49. The SMILES string of the molecule is CC1CC(CO)(Nc2ccccc2)CCO1. The van der Waals surface area contributed by atoms with Crippen LogP contribution in [0.2, 0.25) is 0 Å². The van der Waals surface area contributed by atoms with Gasteiger partial charge in [-0.1, -0.05) is 18.2 Å². The molecule has 0 radical (unpaired) electrons. The standard InChI is InChI=1S/C13H19NO2/c1-11-9-13(10-15,7-8-16-11)14-12-5-3-2-4-6-12/h2-6,11,14-15H,7-10H2,1H3. The molecule has 2 rings (SSSR count). The van der Waals surface area contributed by atoms with Gasteiger partial charge < -0.3 is 15.2 Å². The monoisotopic (exact) mass is 221 g/mol. The zero-order valence-electron chi connectivity index (χ0n) is 9.65. The van der Waals surface area contributed by atoms with Gasteiger partial charge in [-0.15, -0.1) is 0 Å². The van der Waals surface area contributed by atoms with Gasteiger partial charge in [-0.3, -0.25) is 0 Å². The molecule has 2 atom stereocenters. The summed E-state index contributed by atoms with van der Waals surface area (Å²) in [6.07, 6.45) is 1.90. The molecule has 0 spiro atoms. The summed E-state index contributed by atoms with van der Waals surface area (Å²) in [5, 5.41) is 13.0. The molecule has 0 aliphatic carbocycles. The quantitative estimate of drug-likeness (QED) is 0.820. The van der Waals surface area contributed by atoms with Crippen LogP contribution in [0.3, 0.4) is 0 Å². The fraction of sp³-hybridized carbons (Fsp3) is 0.538. The Kier molecular flexibility index (Phi) is 3.46. The van der Waals surface area contributed by atoms with Gasteiger partial charge in [-0.2, -0.15) is 0 Å². The summed E-state index contributed by atoms with van der Waals surface area (Å²) in [6, 6.07) is 10.0. The second-order valence-electron chi connectivity index (χ2n) is 4.57. The molecule has 1 aliphatic rings. The lowest BCUT2D eigenvalue weighted by Gasteiger charge is -2.40. The number of rotatable bonds is 3. The third kappa shape index (κ3) is 2.54. The maximum atomic E-state index is 9.60. The zero-order valence-corrected chi connectivity index (χ0v) is 9.65. The summed E-state index contributed by atoms with van der Waals surface area (Å²) in [6.45, 7) is 2.91. The number of hydrogen-bond donors (Lipinski definition) is 2. The van der Waals surface area contributed by atoms with Crippen LogP contribution >= 0.6 is 0 Å². The Morgan fingerprint density at radius 3 is 2.81 bits per heavy atom. The van der Waals surface area contributed by atoms with Crippen molar-refractivity contribution in [1.82, 2.24) is 0 Å². The molecule has 0 bridgehead atoms. The number of benzene rings is 1. The summed E-state index contributed by atoms with van der Waals surface area (Å²) in [4.78, 5) is 0. The van der Waals surface area contributed by atoms with Crippen LogP contribution in [0.4, 0.5) is 5.69 Å². The normalized spacial score (nSPS) is 30.0. The van der Waals surface area contributed by atoms with Gasteiger partial charge in [-0.05, 0) is 31.9 Å². The van der Waals surface area contributed by atoms with E-state index in [-0.39, 0.29) is 18.2 Å². The molecule has 1 aliphatic heterocycles. The predicted molar refractivity (Wildman–Crippen MR) is 64.5 cm³/mol. The first-order valence-corrected chi connectivity index (χ1v) is 5.80. The fourth-order valence-electron chi connectivity index (χ4n) is 2.29. The van der Waals surface area contributed by atoms with Crippen molar-refractivity contribution in [3.8, 4) is 0 Å². The van der Waals surface area contributed by atoms with Crippen molar-refractivity contribution in [3.63, 3.8) is 0 Å². The molecule has 1 fully saturated rings. The zero-order chi connectivity index (χ0) is 11.4. The Bertz CT molecular complexity index is 328. The molecule has 1 aromatic rings. The summed E-state index contributed by atoms with van der Waals surface area (Å²) in [5.41, 5.74) is 0.838. The van der Waals surface area contributed by atoms with Crippen molar-refractivity contribution in [2.45, 2.75) is 31.4 Å². The van der Waals surface area contributed by atoms with Crippen LogP contribution in [0.5, 0.6) is 0 Å². The highest BCUT2D eigenvalue weighted by Gasteiger charge is 2.34. The van der Waals surface area contributed by atoms with Gasteiger partial charge >= 0.3 is 0 Å². The van der Waals surface area contributed by atoms with Crippen molar-refractivity contribution >= 4 is 5.69 Å². The maximum Gasteiger partial charge on any atom is 0.0663 e. The van der Waals surface area contributed by atoms with Gasteiger partial charge in [0.25, 0.3) is 0 Å². The Hall–Kier alpha value is -1.06. The minimum Gasteiger partial charge on any atom is -0.394 e. The number of ether oxygens (including phenoxy) is 1. The van der Waals surface area contributed by atoms with Crippen LogP contribution in [0, 0.1) is 0 Å². The van der Waals surface area contributed by atoms with E-state index < -0.39 is 0 Å². The Morgan fingerprint density at radius 2 is 2.19 bits per heavy atom. The summed E-state index contributed by atoms with van der Waals surface area (Å²) >= 11 is 0. The molecule has 3 heteroatoms. The average molecular weight is 221 g/mol. The van der Waals surface area contributed by atoms with Gasteiger partial charge in [0.2, 0.25) is 0 Å². The molecule has 2 N–H and O–H groups in total. The van der Waals surface area contributed by atoms with E-state index >= 15 is 0 Å². The summed E-state index contributed by atoms with van der Waals surface area (Å²) in [5.74, 6) is 0. The molecule has 2 unspecified atom stereocenters. The van der Waals surface area contributed by atoms with Crippen LogP contribution in [-0.4, -0.2) is 30.0 Å². The second-order valence-corrected chi connectivity index (χ2v) is 4.57. The van der Waals surface area contributed by atoms with Crippen LogP contribution in [0.1, 0.15) is 19.8 Å². The van der Waals surface area contributed by atoms with Gasteiger partial charge in [0.1, 0.15) is 0 Å². The van der Waals surface area contributed by atoms with Crippen LogP contribution in [0.15, 0.2) is 30.3 Å². The molecular formula is C13H19NO2. The van der Waals surface area contributed by atoms with E-state index in [1.807, 2.05) is 30.3 Å². The van der Waals surface area contributed by atoms with Gasteiger partial charge in [0, 0.05) is 12.3 Å². The maximum absolute atomic E-state index is 9.60. The van der Waals surface area contributed by atoms with Crippen LogP contribution in [-0.2, 0) is 4.74 Å². The highest BCUT2D eigenvalue weighted by molar-refractivity contribution is 5.45. The van der Waals surface area contributed by atoms with Crippen molar-refractivity contribution < 1.29 is 9.84 Å². The van der Waals surface area contributed by atoms with E-state index in [2.05, 4.69) is 12.2 Å². The first-order valence-electron chi connectivity index (χ1n) is 5.80. The minimum atomic E-state index is -0.223. The molecular weight excluding hydrogens is 202 g/mol. The Balaban J connectivity index is 2.10. The minimum absolute atomic E-state index is 0.148. The predicted octanol–water partition coefficient (Wildman–Crippen LogP) is 2.03. The highest BCUT2D eigenvalue weighted by Crippen LogP contribution is 2.28. The first kappa shape index (κ1) is 11.4. The Labute approximate surface area is 96.4 Å². The first-order chi connectivity index (χ1) is 7.74. The molecule has 0 amide bonds. The number of aliphatic hydroxyl groups excluding tert-OH is 1. The topological polar surface area (TPSA) is 41.5 Å². The van der Waals surface area contributed by atoms with Gasteiger partial charge in [0.05, 0.1) is 18.2 Å². The number of anilines is 1. The number of hydrogen-bond acceptors (Lipinski definition) is 3. The number of aliphatic hydroxyl groups is 1. The van der Waals surface area contributed by atoms with E-state index in [1.54, 1.807) is 0 Å². The van der Waals surface area contributed by atoms with E-state index in [9.17, 15) is 5.11 Å². The third-order valence-electron chi connectivity index (χ3n) is 3.15. The Morgan fingerprint density at radius 1 is 1.44 bits per heavy atom. The second kappa shape index (κ2) is 4.85. The average Bonchev–Trinajstić information content (AvgIpc) is 2.30. The molecule has 88 valence electrons. The molecule has 1 aromatic carbocycles. The van der Waals surface area contributed by atoms with Gasteiger partial charge in [0.15, 0.2) is 0 Å². The van der Waals surface area contributed by atoms with Crippen LogP contribution < -0.4 is 5.32 Å². The molecule has 3 nitrogen and oxygen atoms in total. The lowest BCUT2D eigenvalue weighted by molar-refractivity contribution is -0.0160. The van der Waals surface area contributed by atoms with Crippen molar-refractivity contribution in [1.29, 1.82) is 0 Å². The van der Waals surface area contributed by atoms with E-state index in [1.165, 1.54) is 0 Å². The van der Waals surface area contributed by atoms with Crippen molar-refractivity contribution in [2.24, 2.45) is 0 Å². The van der Waals surface area contributed by atoms with Crippen molar-refractivity contribution in [2.75, 3.05) is 18.5 Å². The third-order valence-corrected chi connectivity index (χ3v) is 3.15. The molecule has 0 aromatic heterocycles. The largest absolute Gasteiger partial charge is 0.394 e. The van der Waals surface area contributed by atoms with E-state index in [0.717, 1.165) is 18.5 Å². The molecule has 0 saturated carbocycles. The summed E-state index contributed by atoms with van der Waals surface area (Å²) in [7, 11) is 0. The molecule has 1 heterocycles. The fourth-order valence-corrected chi connectivity index (χ4v) is 2.29. The van der Waals surface area contributed by atoms with Crippen molar-refractivity contribution in [3.05, 3.63) is 30.3 Å². The van der Waals surface area contributed by atoms with Crippen LogP contribution in [0.25, 0.3) is 0 Å².